The van der Waals surface area contributed by atoms with Crippen molar-refractivity contribution in [3.05, 3.63) is 34.5 Å². The number of rotatable bonds is 4. The summed E-state index contributed by atoms with van der Waals surface area (Å²) in [4.78, 5) is 28.6. The lowest BCUT2D eigenvalue weighted by Gasteiger charge is -2.38. The summed E-state index contributed by atoms with van der Waals surface area (Å²) in [5, 5.41) is 6.64. The minimum absolute atomic E-state index is 0.0848. The molecule has 8 heteroatoms. The van der Waals surface area contributed by atoms with Crippen molar-refractivity contribution in [2.45, 2.75) is 19.4 Å². The smallest absolute Gasteiger partial charge is 0.223 e. The van der Waals surface area contributed by atoms with Crippen molar-refractivity contribution < 1.29 is 4.79 Å². The minimum Gasteiger partial charge on any atom is -0.302 e. The van der Waals surface area contributed by atoms with Crippen LogP contribution in [0.3, 0.4) is 0 Å². The molecular formula is C15H15N5OS2. The van der Waals surface area contributed by atoms with Gasteiger partial charge in [-0.1, -0.05) is 0 Å². The average Bonchev–Trinajstić information content (AvgIpc) is 3.10. The average molecular weight is 345 g/mol. The van der Waals surface area contributed by atoms with Crippen LogP contribution in [0.25, 0.3) is 10.2 Å². The fourth-order valence-electron chi connectivity index (χ4n) is 2.82. The summed E-state index contributed by atoms with van der Waals surface area (Å²) in [6, 6.07) is 2.11. The molecule has 1 aliphatic rings. The van der Waals surface area contributed by atoms with Crippen molar-refractivity contribution in [3.8, 4) is 0 Å². The largest absolute Gasteiger partial charge is 0.302 e. The minimum atomic E-state index is -0.0848. The molecule has 1 aliphatic heterocycles. The van der Waals surface area contributed by atoms with E-state index in [2.05, 4.69) is 36.6 Å². The SMILES string of the molecule is CC(=O)Nc1ncc(CN2CC(c3ncnc4sccc34)C2)s1. The van der Waals surface area contributed by atoms with Gasteiger partial charge in [-0.15, -0.1) is 22.7 Å². The maximum absolute atomic E-state index is 11.0. The molecule has 3 aromatic rings. The number of likely N-dealkylation sites (tertiary alicyclic amines) is 1. The molecule has 0 aromatic carbocycles. The van der Waals surface area contributed by atoms with Crippen molar-refractivity contribution in [2.75, 3.05) is 18.4 Å². The Bertz CT molecular complexity index is 852. The van der Waals surface area contributed by atoms with E-state index in [1.807, 2.05) is 6.20 Å². The van der Waals surface area contributed by atoms with E-state index in [1.54, 1.807) is 17.7 Å². The van der Waals surface area contributed by atoms with Crippen LogP contribution in [0.15, 0.2) is 24.0 Å². The molecule has 1 fully saturated rings. The maximum Gasteiger partial charge on any atom is 0.223 e. The van der Waals surface area contributed by atoms with Crippen LogP contribution in [0, 0.1) is 0 Å². The second kappa shape index (κ2) is 5.95. The quantitative estimate of drug-likeness (QED) is 0.787. The van der Waals surface area contributed by atoms with E-state index in [0.29, 0.717) is 11.0 Å². The summed E-state index contributed by atoms with van der Waals surface area (Å²) in [5.41, 5.74) is 1.16. The van der Waals surface area contributed by atoms with Crippen LogP contribution in [0.1, 0.15) is 23.4 Å². The number of anilines is 1. The summed E-state index contributed by atoms with van der Waals surface area (Å²) in [6.07, 6.45) is 3.50. The van der Waals surface area contributed by atoms with Gasteiger partial charge in [0.05, 0.1) is 5.69 Å². The zero-order chi connectivity index (χ0) is 15.8. The summed E-state index contributed by atoms with van der Waals surface area (Å²) in [6.45, 7) is 4.35. The predicted molar refractivity (Wildman–Crippen MR) is 91.9 cm³/mol. The Kier molecular flexibility index (Phi) is 3.80. The zero-order valence-electron chi connectivity index (χ0n) is 12.5. The highest BCUT2D eigenvalue weighted by Gasteiger charge is 2.30. The standard InChI is InChI=1S/C15H15N5OS2/c1-9(21)19-15-16-4-11(23-15)7-20-5-10(6-20)13-12-2-3-22-14(12)18-8-17-13/h2-4,8,10H,5-7H2,1H3,(H,16,19,21). The van der Waals surface area contributed by atoms with Crippen LogP contribution >= 0.6 is 22.7 Å². The number of hydrogen-bond acceptors (Lipinski definition) is 7. The first kappa shape index (κ1) is 14.7. The number of amides is 1. The van der Waals surface area contributed by atoms with Gasteiger partial charge >= 0.3 is 0 Å². The van der Waals surface area contributed by atoms with E-state index in [-0.39, 0.29) is 5.91 Å². The Hall–Kier alpha value is -1.90. The number of thiazole rings is 1. The van der Waals surface area contributed by atoms with Gasteiger partial charge in [-0.3, -0.25) is 9.69 Å². The van der Waals surface area contributed by atoms with E-state index in [1.165, 1.54) is 23.6 Å². The Balaban J connectivity index is 1.39. The number of nitrogens with one attached hydrogen (secondary N) is 1. The first-order chi connectivity index (χ1) is 11.2. The molecule has 118 valence electrons. The van der Waals surface area contributed by atoms with Gasteiger partial charge in [0.1, 0.15) is 11.2 Å². The molecule has 6 nitrogen and oxygen atoms in total. The third kappa shape index (κ3) is 2.97. The van der Waals surface area contributed by atoms with Crippen molar-refractivity contribution in [2.24, 2.45) is 0 Å². The molecule has 0 radical (unpaired) electrons. The highest BCUT2D eigenvalue weighted by molar-refractivity contribution is 7.16. The number of aromatic nitrogens is 3. The van der Waals surface area contributed by atoms with Crippen molar-refractivity contribution >= 4 is 43.9 Å². The molecule has 4 rings (SSSR count). The van der Waals surface area contributed by atoms with Gasteiger partial charge in [-0.2, -0.15) is 0 Å². The molecular weight excluding hydrogens is 330 g/mol. The molecule has 0 unspecified atom stereocenters. The van der Waals surface area contributed by atoms with Crippen molar-refractivity contribution in [3.63, 3.8) is 0 Å². The molecule has 0 aliphatic carbocycles. The summed E-state index contributed by atoms with van der Waals surface area (Å²) in [5.74, 6) is 0.385. The Labute approximate surface area is 141 Å². The summed E-state index contributed by atoms with van der Waals surface area (Å²) < 4.78 is 0. The maximum atomic E-state index is 11.0. The van der Waals surface area contributed by atoms with Crippen LogP contribution in [0.2, 0.25) is 0 Å². The van der Waals surface area contributed by atoms with E-state index in [9.17, 15) is 4.79 Å². The molecule has 4 heterocycles. The van der Waals surface area contributed by atoms with E-state index < -0.39 is 0 Å². The van der Waals surface area contributed by atoms with E-state index in [4.69, 9.17) is 0 Å². The number of nitrogens with zero attached hydrogens (tertiary/aromatic N) is 4. The Morgan fingerprint density at radius 1 is 1.39 bits per heavy atom. The van der Waals surface area contributed by atoms with Crippen LogP contribution in [0.4, 0.5) is 5.13 Å². The fourth-order valence-corrected chi connectivity index (χ4v) is 4.46. The number of carbonyl (C=O) groups excluding carboxylic acids is 1. The van der Waals surface area contributed by atoms with Gasteiger partial charge in [-0.05, 0) is 11.4 Å². The molecule has 0 saturated carbocycles. The third-order valence-electron chi connectivity index (χ3n) is 3.85. The van der Waals surface area contributed by atoms with Gasteiger partial charge in [0, 0.05) is 48.9 Å². The van der Waals surface area contributed by atoms with Crippen LogP contribution in [-0.4, -0.2) is 38.8 Å². The summed E-state index contributed by atoms with van der Waals surface area (Å²) in [7, 11) is 0. The van der Waals surface area contributed by atoms with Gasteiger partial charge in [-0.25, -0.2) is 15.0 Å². The van der Waals surface area contributed by atoms with Gasteiger partial charge < -0.3 is 5.32 Å². The molecule has 23 heavy (non-hydrogen) atoms. The molecule has 3 aromatic heterocycles. The van der Waals surface area contributed by atoms with E-state index >= 15 is 0 Å². The van der Waals surface area contributed by atoms with Gasteiger partial charge in [0.25, 0.3) is 0 Å². The lowest BCUT2D eigenvalue weighted by molar-refractivity contribution is -0.114. The molecule has 0 spiro atoms. The molecule has 1 amide bonds. The molecule has 1 saturated heterocycles. The number of thiophene rings is 1. The number of fused-ring (bicyclic) bond motifs is 1. The monoisotopic (exact) mass is 345 g/mol. The highest BCUT2D eigenvalue weighted by atomic mass is 32.1. The number of hydrogen-bond donors (Lipinski definition) is 1. The highest BCUT2D eigenvalue weighted by Crippen LogP contribution is 2.33. The molecule has 1 N–H and O–H groups in total. The van der Waals surface area contributed by atoms with E-state index in [0.717, 1.165) is 35.0 Å². The Morgan fingerprint density at radius 2 is 2.26 bits per heavy atom. The predicted octanol–water partition coefficient (Wildman–Crippen LogP) is 2.71. The number of carbonyl (C=O) groups is 1. The summed E-state index contributed by atoms with van der Waals surface area (Å²) >= 11 is 3.19. The third-order valence-corrected chi connectivity index (χ3v) is 5.57. The lowest BCUT2D eigenvalue weighted by Crippen LogP contribution is -2.44. The van der Waals surface area contributed by atoms with Crippen molar-refractivity contribution in [1.82, 2.24) is 19.9 Å². The van der Waals surface area contributed by atoms with Gasteiger partial charge in [0.15, 0.2) is 5.13 Å². The fraction of sp³-hybridized carbons (Fsp3) is 0.333. The first-order valence-electron chi connectivity index (χ1n) is 7.32. The van der Waals surface area contributed by atoms with Gasteiger partial charge in [0.2, 0.25) is 5.91 Å². The second-order valence-electron chi connectivity index (χ2n) is 5.60. The lowest BCUT2D eigenvalue weighted by atomic mass is 9.94. The topological polar surface area (TPSA) is 71.0 Å². The van der Waals surface area contributed by atoms with Crippen molar-refractivity contribution in [1.29, 1.82) is 0 Å². The van der Waals surface area contributed by atoms with Crippen LogP contribution < -0.4 is 5.32 Å². The second-order valence-corrected chi connectivity index (χ2v) is 7.61. The van der Waals surface area contributed by atoms with Crippen LogP contribution in [-0.2, 0) is 11.3 Å². The van der Waals surface area contributed by atoms with Crippen LogP contribution in [0.5, 0.6) is 0 Å². The zero-order valence-corrected chi connectivity index (χ0v) is 14.2. The first-order valence-corrected chi connectivity index (χ1v) is 9.01. The normalized spacial score (nSPS) is 15.7. The molecule has 0 atom stereocenters. The molecule has 0 bridgehead atoms. The Morgan fingerprint density at radius 3 is 3.09 bits per heavy atom.